The van der Waals surface area contributed by atoms with Gasteiger partial charge in [0.15, 0.2) is 0 Å². The molecule has 1 fully saturated rings. The molecule has 0 saturated heterocycles. The van der Waals surface area contributed by atoms with Gasteiger partial charge < -0.3 is 10.4 Å². The highest BCUT2D eigenvalue weighted by molar-refractivity contribution is 5.34. The van der Waals surface area contributed by atoms with Crippen LogP contribution in [0.15, 0.2) is 24.3 Å². The van der Waals surface area contributed by atoms with E-state index in [0.29, 0.717) is 12.5 Å². The number of nitro groups is 1. The number of nitro benzene ring substituents is 1. The average Bonchev–Trinajstić information content (AvgIpc) is 2.98. The van der Waals surface area contributed by atoms with Crippen molar-refractivity contribution in [2.45, 2.75) is 44.8 Å². The van der Waals surface area contributed by atoms with Crippen molar-refractivity contribution >= 4 is 5.69 Å². The van der Waals surface area contributed by atoms with Crippen LogP contribution in [0.1, 0.15) is 44.2 Å². The van der Waals surface area contributed by atoms with Crippen molar-refractivity contribution in [3.05, 3.63) is 39.9 Å². The summed E-state index contributed by atoms with van der Waals surface area (Å²) >= 11 is 0. The van der Waals surface area contributed by atoms with Crippen LogP contribution in [-0.2, 0) is 0 Å². The lowest BCUT2D eigenvalue weighted by Crippen LogP contribution is -2.33. The molecule has 0 aliphatic heterocycles. The molecule has 0 spiro atoms. The van der Waals surface area contributed by atoms with E-state index in [2.05, 4.69) is 5.32 Å². The first-order valence-corrected chi connectivity index (χ1v) is 7.23. The highest BCUT2D eigenvalue weighted by Crippen LogP contribution is 2.27. The molecule has 0 bridgehead atoms. The van der Waals surface area contributed by atoms with Crippen molar-refractivity contribution < 1.29 is 10.0 Å². The Morgan fingerprint density at radius 2 is 1.95 bits per heavy atom. The van der Waals surface area contributed by atoms with E-state index in [1.165, 1.54) is 25.0 Å². The van der Waals surface area contributed by atoms with Crippen LogP contribution in [0.3, 0.4) is 0 Å². The molecule has 0 heterocycles. The fourth-order valence-electron chi connectivity index (χ4n) is 2.81. The molecule has 2 unspecified atom stereocenters. The number of benzene rings is 1. The first-order valence-electron chi connectivity index (χ1n) is 7.23. The molecule has 2 rings (SSSR count). The standard InChI is InChI=1S/C15H22N2O3/c1-11(12-6-8-14(9-7-12)17(19)20)16-10-15(18)13-4-2-3-5-13/h6-9,11,13,15-16,18H,2-5,10H2,1H3. The molecule has 2 atom stereocenters. The molecule has 20 heavy (non-hydrogen) atoms. The molecule has 0 aromatic heterocycles. The molecule has 0 radical (unpaired) electrons. The second-order valence-electron chi connectivity index (χ2n) is 5.59. The molecular weight excluding hydrogens is 256 g/mol. The fourth-order valence-corrected chi connectivity index (χ4v) is 2.81. The summed E-state index contributed by atoms with van der Waals surface area (Å²) in [6, 6.07) is 6.63. The van der Waals surface area contributed by atoms with Crippen LogP contribution in [0, 0.1) is 16.0 Å². The summed E-state index contributed by atoms with van der Waals surface area (Å²) in [4.78, 5) is 10.2. The molecule has 2 N–H and O–H groups in total. The van der Waals surface area contributed by atoms with E-state index >= 15 is 0 Å². The molecule has 1 aromatic rings. The Kier molecular flexibility index (Phi) is 5.09. The van der Waals surface area contributed by atoms with Crippen LogP contribution in [0.4, 0.5) is 5.69 Å². The van der Waals surface area contributed by atoms with Crippen molar-refractivity contribution in [1.82, 2.24) is 5.32 Å². The quantitative estimate of drug-likeness (QED) is 0.619. The Morgan fingerprint density at radius 1 is 1.35 bits per heavy atom. The maximum absolute atomic E-state index is 10.6. The maximum Gasteiger partial charge on any atom is 0.269 e. The zero-order chi connectivity index (χ0) is 14.5. The van der Waals surface area contributed by atoms with Gasteiger partial charge in [-0.25, -0.2) is 0 Å². The fraction of sp³-hybridized carbons (Fsp3) is 0.600. The average molecular weight is 278 g/mol. The number of aliphatic hydroxyl groups excluding tert-OH is 1. The Balaban J connectivity index is 1.84. The molecule has 1 aromatic carbocycles. The summed E-state index contributed by atoms with van der Waals surface area (Å²) < 4.78 is 0. The molecule has 5 heteroatoms. The first kappa shape index (κ1) is 14.9. The molecule has 1 aliphatic rings. The van der Waals surface area contributed by atoms with Gasteiger partial charge in [0, 0.05) is 24.7 Å². The van der Waals surface area contributed by atoms with Gasteiger partial charge in [-0.3, -0.25) is 10.1 Å². The topological polar surface area (TPSA) is 75.4 Å². The minimum absolute atomic E-state index is 0.0758. The molecule has 5 nitrogen and oxygen atoms in total. The third-order valence-corrected chi connectivity index (χ3v) is 4.18. The summed E-state index contributed by atoms with van der Waals surface area (Å²) in [6.45, 7) is 2.57. The van der Waals surface area contributed by atoms with Crippen molar-refractivity contribution in [2.75, 3.05) is 6.54 Å². The number of hydrogen-bond donors (Lipinski definition) is 2. The Labute approximate surface area is 119 Å². The minimum Gasteiger partial charge on any atom is -0.392 e. The summed E-state index contributed by atoms with van der Waals surface area (Å²) in [5.74, 6) is 0.423. The van der Waals surface area contributed by atoms with E-state index in [1.807, 2.05) is 6.92 Å². The number of aliphatic hydroxyl groups is 1. The predicted octanol–water partition coefficient (Wildman–Crippen LogP) is 2.80. The van der Waals surface area contributed by atoms with Crippen LogP contribution in [0.5, 0.6) is 0 Å². The van der Waals surface area contributed by atoms with Crippen molar-refractivity contribution in [1.29, 1.82) is 0 Å². The number of nitrogens with zero attached hydrogens (tertiary/aromatic N) is 1. The number of nitrogens with one attached hydrogen (secondary N) is 1. The van der Waals surface area contributed by atoms with Crippen LogP contribution in [0.2, 0.25) is 0 Å². The largest absolute Gasteiger partial charge is 0.392 e. The van der Waals surface area contributed by atoms with Gasteiger partial charge in [-0.2, -0.15) is 0 Å². The van der Waals surface area contributed by atoms with Gasteiger partial charge in [0.25, 0.3) is 5.69 Å². The van der Waals surface area contributed by atoms with Gasteiger partial charge in [0.05, 0.1) is 11.0 Å². The monoisotopic (exact) mass is 278 g/mol. The van der Waals surface area contributed by atoms with Crippen LogP contribution in [-0.4, -0.2) is 22.7 Å². The molecule has 1 aliphatic carbocycles. The number of hydrogen-bond acceptors (Lipinski definition) is 4. The van der Waals surface area contributed by atoms with Gasteiger partial charge in [-0.05, 0) is 31.2 Å². The van der Waals surface area contributed by atoms with Crippen LogP contribution < -0.4 is 5.32 Å². The van der Waals surface area contributed by atoms with Crippen molar-refractivity contribution in [3.8, 4) is 0 Å². The third-order valence-electron chi connectivity index (χ3n) is 4.18. The van der Waals surface area contributed by atoms with E-state index in [-0.39, 0.29) is 17.8 Å². The third kappa shape index (κ3) is 3.77. The van der Waals surface area contributed by atoms with Crippen LogP contribution in [0.25, 0.3) is 0 Å². The molecule has 0 amide bonds. The van der Waals surface area contributed by atoms with Gasteiger partial charge in [0.2, 0.25) is 0 Å². The highest BCUT2D eigenvalue weighted by Gasteiger charge is 2.23. The van der Waals surface area contributed by atoms with Gasteiger partial charge in [-0.1, -0.05) is 25.0 Å². The minimum atomic E-state index is -0.397. The van der Waals surface area contributed by atoms with E-state index in [4.69, 9.17) is 0 Å². The van der Waals surface area contributed by atoms with Gasteiger partial charge >= 0.3 is 0 Å². The number of non-ortho nitro benzene ring substituents is 1. The Hall–Kier alpha value is -1.46. The lowest BCUT2D eigenvalue weighted by Gasteiger charge is -2.21. The summed E-state index contributed by atoms with van der Waals surface area (Å²) in [5.41, 5.74) is 1.10. The SMILES string of the molecule is CC(NCC(O)C1CCCC1)c1ccc([N+](=O)[O-])cc1. The lowest BCUT2D eigenvalue weighted by atomic mass is 10.0. The molecular formula is C15H22N2O3. The van der Waals surface area contributed by atoms with Gasteiger partial charge in [-0.15, -0.1) is 0 Å². The zero-order valence-electron chi connectivity index (χ0n) is 11.8. The normalized spacial score (nSPS) is 18.9. The first-order chi connectivity index (χ1) is 9.58. The Morgan fingerprint density at radius 3 is 2.50 bits per heavy atom. The smallest absolute Gasteiger partial charge is 0.269 e. The van der Waals surface area contributed by atoms with E-state index in [0.717, 1.165) is 18.4 Å². The summed E-state index contributed by atoms with van der Waals surface area (Å²) in [7, 11) is 0. The zero-order valence-corrected chi connectivity index (χ0v) is 11.8. The maximum atomic E-state index is 10.6. The van der Waals surface area contributed by atoms with Gasteiger partial charge in [0.1, 0.15) is 0 Å². The molecule has 1 saturated carbocycles. The summed E-state index contributed by atoms with van der Waals surface area (Å²) in [5, 5.41) is 24.0. The van der Waals surface area contributed by atoms with E-state index < -0.39 is 4.92 Å². The predicted molar refractivity (Wildman–Crippen MR) is 77.5 cm³/mol. The van der Waals surface area contributed by atoms with Crippen LogP contribution >= 0.6 is 0 Å². The Bertz CT molecular complexity index is 441. The van der Waals surface area contributed by atoms with Crippen molar-refractivity contribution in [3.63, 3.8) is 0 Å². The van der Waals surface area contributed by atoms with Crippen molar-refractivity contribution in [2.24, 2.45) is 5.92 Å². The van der Waals surface area contributed by atoms with E-state index in [1.54, 1.807) is 12.1 Å². The highest BCUT2D eigenvalue weighted by atomic mass is 16.6. The number of rotatable bonds is 6. The second kappa shape index (κ2) is 6.81. The lowest BCUT2D eigenvalue weighted by molar-refractivity contribution is -0.384. The molecule has 110 valence electrons. The second-order valence-corrected chi connectivity index (χ2v) is 5.59. The van der Waals surface area contributed by atoms with E-state index in [9.17, 15) is 15.2 Å². The summed E-state index contributed by atoms with van der Waals surface area (Å²) in [6.07, 6.45) is 4.39.